The van der Waals surface area contributed by atoms with Crippen LogP contribution < -0.4 is 5.32 Å². The van der Waals surface area contributed by atoms with Gasteiger partial charge >= 0.3 is 0 Å². The molecule has 0 saturated carbocycles. The second-order valence-electron chi connectivity index (χ2n) is 6.05. The lowest BCUT2D eigenvalue weighted by Gasteiger charge is -2.31. The lowest BCUT2D eigenvalue weighted by Crippen LogP contribution is -2.32. The predicted molar refractivity (Wildman–Crippen MR) is 79.5 cm³/mol. The molecular formula is C15H15N5O. The highest BCUT2D eigenvalue weighted by molar-refractivity contribution is 5.98. The molecule has 0 radical (unpaired) electrons. The first-order valence-corrected chi connectivity index (χ1v) is 6.85. The van der Waals surface area contributed by atoms with E-state index in [9.17, 15) is 4.79 Å². The number of nitrogens with zero attached hydrogens (tertiary/aromatic N) is 3. The van der Waals surface area contributed by atoms with Crippen LogP contribution in [0.3, 0.4) is 0 Å². The number of fused-ring (bicyclic) bond motifs is 2. The fourth-order valence-electron chi connectivity index (χ4n) is 2.90. The van der Waals surface area contributed by atoms with Crippen LogP contribution in [0.25, 0.3) is 17.0 Å². The molecule has 1 aliphatic heterocycles. The number of benzene rings is 1. The van der Waals surface area contributed by atoms with Crippen LogP contribution in [0.2, 0.25) is 0 Å². The van der Waals surface area contributed by atoms with Crippen LogP contribution in [0.5, 0.6) is 0 Å². The summed E-state index contributed by atoms with van der Waals surface area (Å²) < 4.78 is 1.82. The summed E-state index contributed by atoms with van der Waals surface area (Å²) in [6, 6.07) is 4.01. The van der Waals surface area contributed by atoms with Gasteiger partial charge in [-0.05, 0) is 17.7 Å². The van der Waals surface area contributed by atoms with Gasteiger partial charge in [-0.3, -0.25) is 9.36 Å². The van der Waals surface area contributed by atoms with Crippen LogP contribution in [0.4, 0.5) is 5.69 Å². The average Bonchev–Trinajstić information content (AvgIpc) is 3.04. The van der Waals surface area contributed by atoms with Crippen molar-refractivity contribution in [1.29, 1.82) is 0 Å². The lowest BCUT2D eigenvalue weighted by molar-refractivity contribution is -0.117. The summed E-state index contributed by atoms with van der Waals surface area (Å²) >= 11 is 0. The molecule has 0 aliphatic carbocycles. The number of anilines is 1. The third-order valence-corrected chi connectivity index (χ3v) is 3.96. The fourth-order valence-corrected chi connectivity index (χ4v) is 2.90. The SMILES string of the molecule is CC1(C)CC(=O)Nc2cc3nc(-n4ccnc4)[nH]c3cc21. The number of aromatic nitrogens is 4. The topological polar surface area (TPSA) is 75.6 Å². The second kappa shape index (κ2) is 3.94. The van der Waals surface area contributed by atoms with Crippen molar-refractivity contribution in [3.63, 3.8) is 0 Å². The van der Waals surface area contributed by atoms with E-state index in [-0.39, 0.29) is 11.3 Å². The van der Waals surface area contributed by atoms with Crippen LogP contribution in [-0.4, -0.2) is 25.4 Å². The highest BCUT2D eigenvalue weighted by Crippen LogP contribution is 2.39. The van der Waals surface area contributed by atoms with Gasteiger partial charge in [-0.25, -0.2) is 9.97 Å². The van der Waals surface area contributed by atoms with Crippen LogP contribution in [0.15, 0.2) is 30.9 Å². The zero-order valence-corrected chi connectivity index (χ0v) is 11.8. The summed E-state index contributed by atoms with van der Waals surface area (Å²) in [6.07, 6.45) is 5.74. The highest BCUT2D eigenvalue weighted by Gasteiger charge is 2.32. The van der Waals surface area contributed by atoms with Gasteiger partial charge in [0.15, 0.2) is 0 Å². The quantitative estimate of drug-likeness (QED) is 0.719. The first-order chi connectivity index (χ1) is 10.0. The summed E-state index contributed by atoms with van der Waals surface area (Å²) in [6.45, 7) is 4.17. The molecule has 2 aromatic heterocycles. The summed E-state index contributed by atoms with van der Waals surface area (Å²) in [7, 11) is 0. The molecule has 106 valence electrons. The van der Waals surface area contributed by atoms with Gasteiger partial charge in [0.1, 0.15) is 6.33 Å². The highest BCUT2D eigenvalue weighted by atomic mass is 16.1. The Kier molecular flexibility index (Phi) is 2.28. The van der Waals surface area contributed by atoms with Gasteiger partial charge in [0.05, 0.1) is 11.0 Å². The molecule has 4 rings (SSSR count). The van der Waals surface area contributed by atoms with Crippen molar-refractivity contribution in [2.45, 2.75) is 25.7 Å². The number of amides is 1. The molecule has 6 heteroatoms. The minimum absolute atomic E-state index is 0.0530. The standard InChI is InChI=1S/C15H15N5O/c1-15(2)7-13(21)17-10-6-12-11(5-9(10)15)18-14(19-12)20-4-3-16-8-20/h3-6,8H,7H2,1-2H3,(H,17,21)(H,18,19). The van der Waals surface area contributed by atoms with Crippen LogP contribution in [-0.2, 0) is 10.2 Å². The Bertz CT molecular complexity index is 844. The Morgan fingerprint density at radius 1 is 1.33 bits per heavy atom. The van der Waals surface area contributed by atoms with Crippen LogP contribution in [0.1, 0.15) is 25.8 Å². The molecule has 0 unspecified atom stereocenters. The van der Waals surface area contributed by atoms with E-state index < -0.39 is 0 Å². The van der Waals surface area contributed by atoms with Crippen LogP contribution >= 0.6 is 0 Å². The molecule has 0 bridgehead atoms. The molecule has 1 aromatic carbocycles. The average molecular weight is 281 g/mol. The van der Waals surface area contributed by atoms with Crippen molar-refractivity contribution < 1.29 is 4.79 Å². The molecule has 3 aromatic rings. The molecule has 0 saturated heterocycles. The number of hydrogen-bond acceptors (Lipinski definition) is 3. The monoisotopic (exact) mass is 281 g/mol. The summed E-state index contributed by atoms with van der Waals surface area (Å²) in [5.41, 5.74) is 3.60. The number of H-pyrrole nitrogens is 1. The third-order valence-electron chi connectivity index (χ3n) is 3.96. The van der Waals surface area contributed by atoms with Gasteiger partial charge in [0.25, 0.3) is 0 Å². The number of carbonyl (C=O) groups is 1. The number of carbonyl (C=O) groups excluding carboxylic acids is 1. The fraction of sp³-hybridized carbons (Fsp3) is 0.267. The number of imidazole rings is 2. The van der Waals surface area contributed by atoms with E-state index in [2.05, 4.69) is 40.2 Å². The van der Waals surface area contributed by atoms with Gasteiger partial charge in [-0.15, -0.1) is 0 Å². The number of nitrogens with one attached hydrogen (secondary N) is 2. The Labute approximate surface area is 121 Å². The lowest BCUT2D eigenvalue weighted by atomic mass is 9.78. The maximum absolute atomic E-state index is 11.8. The first kappa shape index (κ1) is 12.1. The molecule has 0 spiro atoms. The Morgan fingerprint density at radius 3 is 2.95 bits per heavy atom. The van der Waals surface area contributed by atoms with Gasteiger partial charge in [0.2, 0.25) is 11.9 Å². The van der Waals surface area contributed by atoms with Crippen molar-refractivity contribution in [2.75, 3.05) is 5.32 Å². The summed E-state index contributed by atoms with van der Waals surface area (Å²) in [5.74, 6) is 0.770. The summed E-state index contributed by atoms with van der Waals surface area (Å²) in [5, 5.41) is 2.94. The van der Waals surface area contributed by atoms with E-state index in [4.69, 9.17) is 0 Å². The van der Waals surface area contributed by atoms with Gasteiger partial charge < -0.3 is 10.3 Å². The minimum Gasteiger partial charge on any atom is -0.326 e. The zero-order chi connectivity index (χ0) is 14.6. The van der Waals surface area contributed by atoms with Crippen molar-refractivity contribution in [2.24, 2.45) is 0 Å². The van der Waals surface area contributed by atoms with E-state index in [0.717, 1.165) is 22.3 Å². The van der Waals surface area contributed by atoms with Crippen molar-refractivity contribution in [1.82, 2.24) is 19.5 Å². The third kappa shape index (κ3) is 1.83. The largest absolute Gasteiger partial charge is 0.326 e. The molecule has 0 fully saturated rings. The van der Waals surface area contributed by atoms with Crippen molar-refractivity contribution in [3.05, 3.63) is 36.4 Å². The predicted octanol–water partition coefficient (Wildman–Crippen LogP) is 2.37. The second-order valence-corrected chi connectivity index (χ2v) is 6.05. The molecule has 1 aliphatic rings. The minimum atomic E-state index is -0.174. The molecule has 2 N–H and O–H groups in total. The van der Waals surface area contributed by atoms with Crippen LogP contribution in [0, 0.1) is 0 Å². The smallest absolute Gasteiger partial charge is 0.225 e. The van der Waals surface area contributed by atoms with E-state index in [1.54, 1.807) is 12.5 Å². The maximum Gasteiger partial charge on any atom is 0.225 e. The van der Waals surface area contributed by atoms with E-state index in [1.807, 2.05) is 16.8 Å². The Balaban J connectivity index is 1.92. The van der Waals surface area contributed by atoms with E-state index in [1.165, 1.54) is 0 Å². The van der Waals surface area contributed by atoms with E-state index >= 15 is 0 Å². The Morgan fingerprint density at radius 2 is 2.19 bits per heavy atom. The Hall–Kier alpha value is -2.63. The van der Waals surface area contributed by atoms with Crippen molar-refractivity contribution in [3.8, 4) is 5.95 Å². The first-order valence-electron chi connectivity index (χ1n) is 6.85. The van der Waals surface area contributed by atoms with E-state index in [0.29, 0.717) is 12.4 Å². The normalized spacial score (nSPS) is 16.8. The maximum atomic E-state index is 11.8. The van der Waals surface area contributed by atoms with Gasteiger partial charge in [-0.1, -0.05) is 13.8 Å². The molecule has 1 amide bonds. The molecule has 3 heterocycles. The molecule has 0 atom stereocenters. The number of aromatic amines is 1. The van der Waals surface area contributed by atoms with Crippen molar-refractivity contribution >= 4 is 22.6 Å². The molecule has 21 heavy (non-hydrogen) atoms. The molecular weight excluding hydrogens is 266 g/mol. The summed E-state index contributed by atoms with van der Waals surface area (Å²) in [4.78, 5) is 23.7. The van der Waals surface area contributed by atoms with Gasteiger partial charge in [0, 0.05) is 29.9 Å². The number of rotatable bonds is 1. The molecule has 6 nitrogen and oxygen atoms in total. The zero-order valence-electron chi connectivity index (χ0n) is 11.8. The van der Waals surface area contributed by atoms with Gasteiger partial charge in [-0.2, -0.15) is 0 Å². The number of hydrogen-bond donors (Lipinski definition) is 2.